The van der Waals surface area contributed by atoms with E-state index in [2.05, 4.69) is 47.6 Å². The Kier molecular flexibility index (Phi) is 11.9. The maximum absolute atomic E-state index is 13.4. The summed E-state index contributed by atoms with van der Waals surface area (Å²) in [5.41, 5.74) is 4.47. The fourth-order valence-electron chi connectivity index (χ4n) is 5.77. The summed E-state index contributed by atoms with van der Waals surface area (Å²) in [6, 6.07) is 14.9. The van der Waals surface area contributed by atoms with Gasteiger partial charge in [0.2, 0.25) is 11.8 Å². The number of hydrogen-bond donors (Lipinski definition) is 2. The van der Waals surface area contributed by atoms with E-state index in [1.165, 1.54) is 11.1 Å². The Morgan fingerprint density at radius 3 is 2.55 bits per heavy atom. The summed E-state index contributed by atoms with van der Waals surface area (Å²) in [6.45, 7) is 12.4. The molecule has 2 aromatic rings. The summed E-state index contributed by atoms with van der Waals surface area (Å²) in [6.07, 6.45) is 3.78. The summed E-state index contributed by atoms with van der Waals surface area (Å²) in [5.74, 6) is 1.02. The second-order valence-electron chi connectivity index (χ2n) is 11.7. The van der Waals surface area contributed by atoms with Crippen LogP contribution in [0, 0.1) is 12.8 Å². The highest BCUT2D eigenvalue weighted by Gasteiger charge is 2.30. The number of aryl methyl sites for hydroxylation is 1. The number of hydrogen-bond acceptors (Lipinski definition) is 5. The standard InChI is InChI=1S/C32H46N4O3.ClH/c1-22(2)34-31(37)19-25-7-6-8-30(18-25)39-29-13-10-26(11-14-29)32(38)35(5)28-12-9-27(23(3)17-28)21-36-16-15-33-24(4)20-36;/h6-9,12,17-18,22,24,26,29,33H,10-11,13-16,19-21H2,1-5H3,(H,34,37);1H/t24-,26-,29-;/m0./s1. The molecule has 220 valence electrons. The highest BCUT2D eigenvalue weighted by Crippen LogP contribution is 2.31. The second-order valence-corrected chi connectivity index (χ2v) is 11.7. The first-order valence-electron chi connectivity index (χ1n) is 14.6. The minimum Gasteiger partial charge on any atom is -0.490 e. The molecule has 2 amide bonds. The highest BCUT2D eigenvalue weighted by atomic mass is 35.5. The number of carbonyl (C=O) groups excluding carboxylic acids is 2. The lowest BCUT2D eigenvalue weighted by atomic mass is 9.86. The topological polar surface area (TPSA) is 73.9 Å². The van der Waals surface area contributed by atoms with Crippen molar-refractivity contribution in [1.29, 1.82) is 0 Å². The molecule has 7 nitrogen and oxygen atoms in total. The molecule has 1 saturated heterocycles. The fraction of sp³-hybridized carbons (Fsp3) is 0.562. The van der Waals surface area contributed by atoms with Crippen molar-refractivity contribution < 1.29 is 14.3 Å². The molecule has 2 aliphatic rings. The number of piperazine rings is 1. The molecule has 40 heavy (non-hydrogen) atoms. The van der Waals surface area contributed by atoms with Crippen LogP contribution in [0.15, 0.2) is 42.5 Å². The van der Waals surface area contributed by atoms with Crippen molar-refractivity contribution in [2.24, 2.45) is 5.92 Å². The van der Waals surface area contributed by atoms with Gasteiger partial charge < -0.3 is 20.3 Å². The summed E-state index contributed by atoms with van der Waals surface area (Å²) in [5, 5.41) is 6.43. The molecule has 0 unspecified atom stereocenters. The molecule has 2 fully saturated rings. The lowest BCUT2D eigenvalue weighted by Gasteiger charge is -2.32. The first-order chi connectivity index (χ1) is 18.7. The van der Waals surface area contributed by atoms with Crippen molar-refractivity contribution in [2.45, 2.75) is 84.5 Å². The van der Waals surface area contributed by atoms with Gasteiger partial charge in [-0.15, -0.1) is 12.4 Å². The molecular weight excluding hydrogens is 524 g/mol. The van der Waals surface area contributed by atoms with Crippen LogP contribution >= 0.6 is 12.4 Å². The van der Waals surface area contributed by atoms with Crippen LogP contribution in [-0.4, -0.2) is 61.6 Å². The van der Waals surface area contributed by atoms with E-state index >= 15 is 0 Å². The summed E-state index contributed by atoms with van der Waals surface area (Å²) in [4.78, 5) is 29.8. The molecular formula is C32H47ClN4O3. The largest absolute Gasteiger partial charge is 0.490 e. The molecule has 1 heterocycles. The normalized spacial score (nSPS) is 21.4. The van der Waals surface area contributed by atoms with E-state index in [-0.39, 0.29) is 42.3 Å². The van der Waals surface area contributed by atoms with Gasteiger partial charge in [-0.25, -0.2) is 0 Å². The molecule has 1 saturated carbocycles. The van der Waals surface area contributed by atoms with Gasteiger partial charge in [-0.2, -0.15) is 0 Å². The molecule has 4 rings (SSSR count). The van der Waals surface area contributed by atoms with Gasteiger partial charge in [0, 0.05) is 56.9 Å². The lowest BCUT2D eigenvalue weighted by Crippen LogP contribution is -2.48. The number of amides is 2. The average Bonchev–Trinajstić information content (AvgIpc) is 2.89. The number of carbonyl (C=O) groups is 2. The third kappa shape index (κ3) is 8.95. The van der Waals surface area contributed by atoms with Crippen LogP contribution in [0.4, 0.5) is 5.69 Å². The Balaban J connectivity index is 0.00000441. The molecule has 2 N–H and O–H groups in total. The van der Waals surface area contributed by atoms with E-state index in [1.807, 2.05) is 50.1 Å². The molecule has 1 aliphatic heterocycles. The molecule has 8 heteroatoms. The maximum atomic E-state index is 13.4. The van der Waals surface area contributed by atoms with Crippen molar-refractivity contribution in [2.75, 3.05) is 31.6 Å². The zero-order valence-corrected chi connectivity index (χ0v) is 25.6. The molecule has 1 atom stereocenters. The number of halogens is 1. The number of anilines is 1. The second kappa shape index (κ2) is 14.9. The minimum absolute atomic E-state index is 0. The van der Waals surface area contributed by atoms with Gasteiger partial charge in [0.15, 0.2) is 0 Å². The fourth-order valence-corrected chi connectivity index (χ4v) is 5.77. The predicted octanol–water partition coefficient (Wildman–Crippen LogP) is 4.88. The molecule has 1 aliphatic carbocycles. The first kappa shape index (κ1) is 31.9. The Labute approximate surface area is 246 Å². The number of nitrogens with zero attached hydrogens (tertiary/aromatic N) is 2. The van der Waals surface area contributed by atoms with Crippen molar-refractivity contribution in [3.8, 4) is 5.75 Å². The van der Waals surface area contributed by atoms with E-state index in [0.29, 0.717) is 12.5 Å². The van der Waals surface area contributed by atoms with Gasteiger partial charge >= 0.3 is 0 Å². The quantitative estimate of drug-likeness (QED) is 0.450. The van der Waals surface area contributed by atoms with Crippen LogP contribution in [0.1, 0.15) is 63.1 Å². The third-order valence-corrected chi connectivity index (χ3v) is 7.93. The Hall–Kier alpha value is -2.61. The van der Waals surface area contributed by atoms with Gasteiger partial charge in [0.05, 0.1) is 12.5 Å². The maximum Gasteiger partial charge on any atom is 0.229 e. The van der Waals surface area contributed by atoms with Gasteiger partial charge in [0.1, 0.15) is 5.75 Å². The number of ether oxygens (including phenoxy) is 1. The first-order valence-corrected chi connectivity index (χ1v) is 14.6. The monoisotopic (exact) mass is 570 g/mol. The number of nitrogens with one attached hydrogen (secondary N) is 2. The zero-order chi connectivity index (χ0) is 27.9. The van der Waals surface area contributed by atoms with Crippen LogP contribution in [-0.2, 0) is 22.6 Å². The number of benzene rings is 2. The summed E-state index contributed by atoms with van der Waals surface area (Å²) < 4.78 is 6.27. The third-order valence-electron chi connectivity index (χ3n) is 7.93. The molecule has 2 aromatic carbocycles. The van der Waals surface area contributed by atoms with Gasteiger partial charge in [0.25, 0.3) is 0 Å². The van der Waals surface area contributed by atoms with E-state index in [1.54, 1.807) is 0 Å². The van der Waals surface area contributed by atoms with Gasteiger partial charge in [-0.05, 0) is 94.3 Å². The van der Waals surface area contributed by atoms with Gasteiger partial charge in [-0.1, -0.05) is 18.2 Å². The summed E-state index contributed by atoms with van der Waals surface area (Å²) in [7, 11) is 1.90. The van der Waals surface area contributed by atoms with Crippen molar-refractivity contribution >= 4 is 29.9 Å². The zero-order valence-electron chi connectivity index (χ0n) is 24.7. The van der Waals surface area contributed by atoms with Crippen molar-refractivity contribution in [3.63, 3.8) is 0 Å². The van der Waals surface area contributed by atoms with Crippen LogP contribution in [0.2, 0.25) is 0 Å². The lowest BCUT2D eigenvalue weighted by molar-refractivity contribution is -0.123. The SMILES string of the molecule is Cc1cc(N(C)C(=O)[C@H]2CC[C@H](Oc3cccc(CC(=O)NC(C)C)c3)CC2)ccc1CN1CCN[C@@H](C)C1.Cl. The van der Waals surface area contributed by atoms with Crippen molar-refractivity contribution in [3.05, 3.63) is 59.2 Å². The highest BCUT2D eigenvalue weighted by molar-refractivity contribution is 5.94. The minimum atomic E-state index is 0. The Morgan fingerprint density at radius 1 is 1.12 bits per heavy atom. The van der Waals surface area contributed by atoms with Crippen LogP contribution in [0.25, 0.3) is 0 Å². The number of rotatable bonds is 9. The molecule has 0 radical (unpaired) electrons. The van der Waals surface area contributed by atoms with E-state index in [9.17, 15) is 9.59 Å². The smallest absolute Gasteiger partial charge is 0.229 e. The van der Waals surface area contributed by atoms with E-state index < -0.39 is 0 Å². The van der Waals surface area contributed by atoms with Crippen LogP contribution in [0.3, 0.4) is 0 Å². The Morgan fingerprint density at radius 2 is 1.88 bits per heavy atom. The molecule has 0 bridgehead atoms. The Bertz CT molecular complexity index is 1130. The molecule has 0 spiro atoms. The van der Waals surface area contributed by atoms with E-state index in [4.69, 9.17) is 4.74 Å². The van der Waals surface area contributed by atoms with Crippen LogP contribution < -0.4 is 20.3 Å². The summed E-state index contributed by atoms with van der Waals surface area (Å²) >= 11 is 0. The predicted molar refractivity (Wildman–Crippen MR) is 164 cm³/mol. The van der Waals surface area contributed by atoms with Crippen molar-refractivity contribution in [1.82, 2.24) is 15.5 Å². The average molecular weight is 571 g/mol. The van der Waals surface area contributed by atoms with E-state index in [0.717, 1.165) is 68.9 Å². The van der Waals surface area contributed by atoms with Gasteiger partial charge in [-0.3, -0.25) is 14.5 Å². The molecule has 0 aromatic heterocycles. The van der Waals surface area contributed by atoms with Crippen LogP contribution in [0.5, 0.6) is 5.75 Å².